The maximum Gasteiger partial charge on any atom is 0.225 e. The van der Waals surface area contributed by atoms with Crippen LogP contribution in [0.4, 0.5) is 0 Å². The molecule has 15 heavy (non-hydrogen) atoms. The van der Waals surface area contributed by atoms with Crippen LogP contribution in [-0.4, -0.2) is 36.5 Å². The Bertz CT molecular complexity index is 195. The fourth-order valence-corrected chi connectivity index (χ4v) is 2.03. The first-order valence-electron chi connectivity index (χ1n) is 5.71. The summed E-state index contributed by atoms with van der Waals surface area (Å²) in [6.45, 7) is 9.00. The zero-order chi connectivity index (χ0) is 10.6. The molecule has 1 atom stereocenters. The molecule has 0 radical (unpaired) electrons. The summed E-state index contributed by atoms with van der Waals surface area (Å²) in [5.74, 6) is 0.587. The lowest BCUT2D eigenvalue weighted by Crippen LogP contribution is -2.52. The third-order valence-electron chi connectivity index (χ3n) is 3.02. The van der Waals surface area contributed by atoms with Crippen molar-refractivity contribution in [3.8, 4) is 0 Å². The minimum Gasteiger partial charge on any atom is -0.340 e. The van der Waals surface area contributed by atoms with E-state index in [9.17, 15) is 4.79 Å². The summed E-state index contributed by atoms with van der Waals surface area (Å²) in [6.07, 6.45) is 1.93. The summed E-state index contributed by atoms with van der Waals surface area (Å²) in [7, 11) is 0. The highest BCUT2D eigenvalue weighted by Gasteiger charge is 2.24. The normalized spacial score (nSPS) is 21.3. The van der Waals surface area contributed by atoms with E-state index in [1.54, 1.807) is 0 Å². The highest BCUT2D eigenvalue weighted by atomic mass is 35.5. The summed E-state index contributed by atoms with van der Waals surface area (Å²) < 4.78 is 0. The van der Waals surface area contributed by atoms with Gasteiger partial charge in [0.1, 0.15) is 0 Å². The van der Waals surface area contributed by atoms with Crippen LogP contribution in [0.3, 0.4) is 0 Å². The van der Waals surface area contributed by atoms with E-state index < -0.39 is 0 Å². The Morgan fingerprint density at radius 3 is 2.53 bits per heavy atom. The van der Waals surface area contributed by atoms with Crippen LogP contribution < -0.4 is 5.32 Å². The number of carbonyl (C=O) groups is 1. The van der Waals surface area contributed by atoms with Crippen molar-refractivity contribution >= 4 is 18.3 Å². The number of piperazine rings is 1. The average Bonchev–Trinajstić information content (AvgIpc) is 2.19. The van der Waals surface area contributed by atoms with Gasteiger partial charge in [0, 0.05) is 31.6 Å². The van der Waals surface area contributed by atoms with Crippen LogP contribution in [0.5, 0.6) is 0 Å². The molecule has 0 aromatic carbocycles. The molecule has 1 amide bonds. The van der Waals surface area contributed by atoms with Crippen molar-refractivity contribution < 1.29 is 4.79 Å². The predicted octanol–water partition coefficient (Wildman–Crippen LogP) is 1.66. The molecule has 0 spiro atoms. The van der Waals surface area contributed by atoms with Crippen molar-refractivity contribution in [2.45, 2.75) is 39.7 Å². The topological polar surface area (TPSA) is 32.3 Å². The standard InChI is InChI=1S/C11H22N2O.ClH/c1-4-10(5-2)11(14)13-7-6-12-9(3)8-13;/h9-10,12H,4-8H2,1-3H3;1H/t9-;/m1./s1. The second-order valence-electron chi connectivity index (χ2n) is 4.15. The number of carbonyl (C=O) groups excluding carboxylic acids is 1. The van der Waals surface area contributed by atoms with Crippen molar-refractivity contribution in [1.82, 2.24) is 10.2 Å². The minimum absolute atomic E-state index is 0. The lowest BCUT2D eigenvalue weighted by Gasteiger charge is -2.34. The summed E-state index contributed by atoms with van der Waals surface area (Å²) in [5.41, 5.74) is 0. The number of amides is 1. The molecule has 0 unspecified atom stereocenters. The Hall–Kier alpha value is -0.280. The molecule has 1 saturated heterocycles. The predicted molar refractivity (Wildman–Crippen MR) is 65.4 cm³/mol. The molecule has 1 fully saturated rings. The number of hydrogen-bond acceptors (Lipinski definition) is 2. The lowest BCUT2D eigenvalue weighted by molar-refractivity contribution is -0.136. The Kier molecular flexibility index (Phi) is 6.94. The average molecular weight is 235 g/mol. The second kappa shape index (κ2) is 7.07. The quantitative estimate of drug-likeness (QED) is 0.806. The van der Waals surface area contributed by atoms with Gasteiger partial charge < -0.3 is 10.2 Å². The van der Waals surface area contributed by atoms with Gasteiger partial charge in [0.05, 0.1) is 0 Å². The van der Waals surface area contributed by atoms with E-state index in [0.29, 0.717) is 11.9 Å². The minimum atomic E-state index is 0. The van der Waals surface area contributed by atoms with Crippen LogP contribution >= 0.6 is 12.4 Å². The van der Waals surface area contributed by atoms with Gasteiger partial charge in [0.25, 0.3) is 0 Å². The first-order valence-corrected chi connectivity index (χ1v) is 5.71. The van der Waals surface area contributed by atoms with Gasteiger partial charge in [-0.25, -0.2) is 0 Å². The Morgan fingerprint density at radius 2 is 2.07 bits per heavy atom. The smallest absolute Gasteiger partial charge is 0.225 e. The molecular formula is C11H23ClN2O. The fraction of sp³-hybridized carbons (Fsp3) is 0.909. The van der Waals surface area contributed by atoms with Gasteiger partial charge in [0.2, 0.25) is 5.91 Å². The van der Waals surface area contributed by atoms with Crippen molar-refractivity contribution in [3.05, 3.63) is 0 Å². The van der Waals surface area contributed by atoms with Crippen LogP contribution in [0.25, 0.3) is 0 Å². The van der Waals surface area contributed by atoms with Gasteiger partial charge >= 0.3 is 0 Å². The largest absolute Gasteiger partial charge is 0.340 e. The van der Waals surface area contributed by atoms with Crippen molar-refractivity contribution in [2.75, 3.05) is 19.6 Å². The maximum atomic E-state index is 12.0. The molecule has 90 valence electrons. The van der Waals surface area contributed by atoms with Gasteiger partial charge in [-0.1, -0.05) is 13.8 Å². The molecule has 1 aliphatic rings. The highest BCUT2D eigenvalue weighted by molar-refractivity contribution is 5.85. The van der Waals surface area contributed by atoms with Crippen LogP contribution in [0.2, 0.25) is 0 Å². The van der Waals surface area contributed by atoms with E-state index in [0.717, 1.165) is 32.5 Å². The van der Waals surface area contributed by atoms with Crippen molar-refractivity contribution in [1.29, 1.82) is 0 Å². The van der Waals surface area contributed by atoms with E-state index in [1.807, 2.05) is 4.90 Å². The third-order valence-corrected chi connectivity index (χ3v) is 3.02. The molecule has 0 bridgehead atoms. The van der Waals surface area contributed by atoms with E-state index in [1.165, 1.54) is 0 Å². The Morgan fingerprint density at radius 1 is 1.47 bits per heavy atom. The molecule has 1 rings (SSSR count). The molecular weight excluding hydrogens is 212 g/mol. The molecule has 0 saturated carbocycles. The fourth-order valence-electron chi connectivity index (χ4n) is 2.03. The Labute approximate surface area is 99.0 Å². The number of halogens is 1. The van der Waals surface area contributed by atoms with Crippen LogP contribution in [0.1, 0.15) is 33.6 Å². The van der Waals surface area contributed by atoms with Crippen LogP contribution in [0, 0.1) is 5.92 Å². The number of rotatable bonds is 3. The molecule has 3 nitrogen and oxygen atoms in total. The third kappa shape index (κ3) is 3.99. The Balaban J connectivity index is 0.00000196. The monoisotopic (exact) mass is 234 g/mol. The van der Waals surface area contributed by atoms with Gasteiger partial charge in [-0.05, 0) is 19.8 Å². The van der Waals surface area contributed by atoms with Crippen LogP contribution in [-0.2, 0) is 4.79 Å². The van der Waals surface area contributed by atoms with Crippen molar-refractivity contribution in [3.63, 3.8) is 0 Å². The number of nitrogens with one attached hydrogen (secondary N) is 1. The van der Waals surface area contributed by atoms with Gasteiger partial charge in [-0.3, -0.25) is 4.79 Å². The van der Waals surface area contributed by atoms with Crippen molar-refractivity contribution in [2.24, 2.45) is 5.92 Å². The molecule has 0 aromatic heterocycles. The molecule has 1 aliphatic heterocycles. The van der Waals surface area contributed by atoms with E-state index in [-0.39, 0.29) is 18.3 Å². The van der Waals surface area contributed by atoms with Gasteiger partial charge in [-0.15, -0.1) is 12.4 Å². The highest BCUT2D eigenvalue weighted by Crippen LogP contribution is 2.13. The maximum absolute atomic E-state index is 12.0. The zero-order valence-electron chi connectivity index (χ0n) is 9.95. The second-order valence-corrected chi connectivity index (χ2v) is 4.15. The summed E-state index contributed by atoms with van der Waals surface area (Å²) >= 11 is 0. The molecule has 1 heterocycles. The summed E-state index contributed by atoms with van der Waals surface area (Å²) in [6, 6.07) is 0.446. The molecule has 1 N–H and O–H groups in total. The summed E-state index contributed by atoms with van der Waals surface area (Å²) in [4.78, 5) is 14.0. The molecule has 0 aliphatic carbocycles. The van der Waals surface area contributed by atoms with Crippen LogP contribution in [0.15, 0.2) is 0 Å². The van der Waals surface area contributed by atoms with E-state index in [2.05, 4.69) is 26.1 Å². The van der Waals surface area contributed by atoms with E-state index >= 15 is 0 Å². The first-order chi connectivity index (χ1) is 6.69. The van der Waals surface area contributed by atoms with E-state index in [4.69, 9.17) is 0 Å². The lowest BCUT2D eigenvalue weighted by atomic mass is 10.0. The van der Waals surface area contributed by atoms with Gasteiger partial charge in [0.15, 0.2) is 0 Å². The SMILES string of the molecule is CCC(CC)C(=O)N1CCN[C@H](C)C1.Cl. The number of hydrogen-bond donors (Lipinski definition) is 1. The number of nitrogens with zero attached hydrogens (tertiary/aromatic N) is 1. The molecule has 4 heteroatoms. The van der Waals surface area contributed by atoms with Gasteiger partial charge in [-0.2, -0.15) is 0 Å². The molecule has 0 aromatic rings. The zero-order valence-corrected chi connectivity index (χ0v) is 10.8. The summed E-state index contributed by atoms with van der Waals surface area (Å²) in [5, 5.41) is 3.35. The first kappa shape index (κ1) is 14.7.